The molecule has 2 aliphatic rings. The first-order valence-electron chi connectivity index (χ1n) is 9.56. The molecule has 0 aromatic heterocycles. The highest BCUT2D eigenvalue weighted by Crippen LogP contribution is 2.36. The number of hydrogen-bond acceptors (Lipinski definition) is 13. The van der Waals surface area contributed by atoms with Gasteiger partial charge < -0.3 is 59.8 Å². The van der Waals surface area contributed by atoms with E-state index in [-0.39, 0.29) is 19.3 Å². The van der Waals surface area contributed by atoms with E-state index in [1.54, 1.807) is 0 Å². The van der Waals surface area contributed by atoms with Gasteiger partial charge in [0, 0.05) is 12.8 Å². The number of esters is 1. The van der Waals surface area contributed by atoms with Crippen LogP contribution in [0.15, 0.2) is 0 Å². The molecule has 14 nitrogen and oxygen atoms in total. The Morgan fingerprint density at radius 2 is 1.58 bits per heavy atom. The molecule has 0 aromatic carbocycles. The summed E-state index contributed by atoms with van der Waals surface area (Å²) in [5, 5.41) is 77.8. The summed E-state index contributed by atoms with van der Waals surface area (Å²) in [7, 11) is 0. The van der Waals surface area contributed by atoms with Crippen molar-refractivity contribution in [2.24, 2.45) is 0 Å². The van der Waals surface area contributed by atoms with E-state index in [4.69, 9.17) is 24.1 Å². The molecule has 2 heterocycles. The number of aliphatic hydroxyl groups is 7. The third-order valence-electron chi connectivity index (χ3n) is 5.07. The van der Waals surface area contributed by atoms with E-state index in [9.17, 15) is 45.3 Å². The summed E-state index contributed by atoms with van der Waals surface area (Å²) < 4.78 is 20.7. The van der Waals surface area contributed by atoms with Crippen LogP contribution in [0, 0.1) is 0 Å². The van der Waals surface area contributed by atoms with Crippen LogP contribution in [0.3, 0.4) is 0 Å². The maximum atomic E-state index is 11.7. The van der Waals surface area contributed by atoms with E-state index in [1.807, 2.05) is 0 Å². The van der Waals surface area contributed by atoms with Crippen molar-refractivity contribution in [1.29, 1.82) is 0 Å². The van der Waals surface area contributed by atoms with Crippen LogP contribution in [0.4, 0.5) is 0 Å². The molecule has 0 spiro atoms. The van der Waals surface area contributed by atoms with Crippen molar-refractivity contribution in [3.63, 3.8) is 0 Å². The lowest BCUT2D eigenvalue weighted by molar-refractivity contribution is -0.383. The zero-order valence-electron chi connectivity index (χ0n) is 16.4. The lowest BCUT2D eigenvalue weighted by Crippen LogP contribution is -2.62. The van der Waals surface area contributed by atoms with Crippen molar-refractivity contribution < 1.29 is 69.4 Å². The highest BCUT2D eigenvalue weighted by atomic mass is 16.8. The van der Waals surface area contributed by atoms with E-state index < -0.39 is 86.6 Å². The smallest absolute Gasteiger partial charge is 0.305 e. The lowest BCUT2D eigenvalue weighted by atomic mass is 9.99. The molecular formula is C17H28O14. The Labute approximate surface area is 176 Å². The third-order valence-corrected chi connectivity index (χ3v) is 5.07. The Hall–Kier alpha value is -1.46. The molecule has 2 fully saturated rings. The zero-order valence-corrected chi connectivity index (χ0v) is 16.4. The van der Waals surface area contributed by atoms with Crippen molar-refractivity contribution in [1.82, 2.24) is 0 Å². The molecule has 0 radical (unpaired) electrons. The van der Waals surface area contributed by atoms with Crippen LogP contribution in [0.1, 0.15) is 19.3 Å². The number of rotatable bonds is 10. The molecule has 2 aliphatic heterocycles. The summed E-state index contributed by atoms with van der Waals surface area (Å²) in [6, 6.07) is 0. The predicted molar refractivity (Wildman–Crippen MR) is 94.0 cm³/mol. The highest BCUT2D eigenvalue weighted by molar-refractivity contribution is 5.71. The quantitative estimate of drug-likeness (QED) is 0.145. The van der Waals surface area contributed by atoms with Crippen LogP contribution in [0.2, 0.25) is 0 Å². The standard InChI is InChI=1S/C17H28O14/c18-4-7-12(24)15(27)17(6-19,30-7)31-16-14(26)13(25)11(23)8(29-16)5-28-10(22)3-1-2-9(20)21/h7-8,11-16,18-19,23-27H,1-6H2,(H,20,21)/t7-,8-,11-,12-,13+,14-,15+,16-,17+/m1/s1. The average Bonchev–Trinajstić information content (AvgIpc) is 2.98. The number of carbonyl (C=O) groups excluding carboxylic acids is 1. The van der Waals surface area contributed by atoms with Gasteiger partial charge in [0.1, 0.15) is 55.9 Å². The van der Waals surface area contributed by atoms with Crippen LogP contribution < -0.4 is 0 Å². The van der Waals surface area contributed by atoms with Gasteiger partial charge >= 0.3 is 11.9 Å². The van der Waals surface area contributed by atoms with E-state index in [1.165, 1.54) is 0 Å². The minimum Gasteiger partial charge on any atom is -0.481 e. The largest absolute Gasteiger partial charge is 0.481 e. The zero-order chi connectivity index (χ0) is 23.3. The molecule has 8 N–H and O–H groups in total. The summed E-state index contributed by atoms with van der Waals surface area (Å²) in [6.45, 7) is -2.34. The number of ether oxygens (including phenoxy) is 4. The molecule has 14 heteroatoms. The molecule has 0 aliphatic carbocycles. The van der Waals surface area contributed by atoms with Gasteiger partial charge in [0.05, 0.1) is 6.61 Å². The normalized spacial score (nSPS) is 40.6. The number of aliphatic carboxylic acids is 1. The fourth-order valence-corrected chi connectivity index (χ4v) is 3.25. The third kappa shape index (κ3) is 5.87. The van der Waals surface area contributed by atoms with Crippen LogP contribution in [-0.2, 0) is 28.5 Å². The number of aliphatic hydroxyl groups excluding tert-OH is 7. The molecular weight excluding hydrogens is 428 g/mol. The second kappa shape index (κ2) is 10.9. The monoisotopic (exact) mass is 456 g/mol. The molecule has 2 rings (SSSR count). The number of carbonyl (C=O) groups is 2. The fourth-order valence-electron chi connectivity index (χ4n) is 3.25. The van der Waals surface area contributed by atoms with Crippen LogP contribution in [0.5, 0.6) is 0 Å². The van der Waals surface area contributed by atoms with E-state index >= 15 is 0 Å². The van der Waals surface area contributed by atoms with Gasteiger partial charge in [0.2, 0.25) is 5.79 Å². The fraction of sp³-hybridized carbons (Fsp3) is 0.882. The second-order valence-electron chi connectivity index (χ2n) is 7.31. The molecule has 9 atom stereocenters. The molecule has 0 saturated carbocycles. The first-order valence-corrected chi connectivity index (χ1v) is 9.56. The van der Waals surface area contributed by atoms with E-state index in [2.05, 4.69) is 0 Å². The van der Waals surface area contributed by atoms with Crippen LogP contribution >= 0.6 is 0 Å². The SMILES string of the molecule is O=C(O)CCCC(=O)OC[C@H]1O[C@H](O[C@]2(CO)O[C@H](CO)[C@@H](O)[C@@H]2O)[C@H](O)[C@@H](O)[C@@H]1O. The number of hydrogen-bond donors (Lipinski definition) is 8. The Morgan fingerprint density at radius 3 is 2.13 bits per heavy atom. The maximum Gasteiger partial charge on any atom is 0.305 e. The van der Waals surface area contributed by atoms with Gasteiger partial charge in [-0.2, -0.15) is 0 Å². The summed E-state index contributed by atoms with van der Waals surface area (Å²) >= 11 is 0. The van der Waals surface area contributed by atoms with Gasteiger partial charge in [0.15, 0.2) is 6.29 Å². The molecule has 0 bridgehead atoms. The van der Waals surface area contributed by atoms with Gasteiger partial charge in [-0.05, 0) is 6.42 Å². The number of carboxylic acids is 1. The first-order chi connectivity index (χ1) is 14.6. The van der Waals surface area contributed by atoms with E-state index in [0.29, 0.717) is 0 Å². The molecule has 180 valence electrons. The van der Waals surface area contributed by atoms with Gasteiger partial charge in [0.25, 0.3) is 0 Å². The van der Waals surface area contributed by atoms with Crippen molar-refractivity contribution in [3.8, 4) is 0 Å². The van der Waals surface area contributed by atoms with Crippen molar-refractivity contribution in [3.05, 3.63) is 0 Å². The summed E-state index contributed by atoms with van der Waals surface area (Å²) in [5.41, 5.74) is 0. The van der Waals surface area contributed by atoms with Gasteiger partial charge in [-0.15, -0.1) is 0 Å². The van der Waals surface area contributed by atoms with Crippen LogP contribution in [0.25, 0.3) is 0 Å². The summed E-state index contributed by atoms with van der Waals surface area (Å²) in [6.07, 6.45) is -13.9. The minimum absolute atomic E-state index is 0.0257. The molecule has 0 unspecified atom stereocenters. The topological polar surface area (TPSA) is 233 Å². The second-order valence-corrected chi connectivity index (χ2v) is 7.31. The number of carboxylic acid groups (broad SMARTS) is 1. The Bertz CT molecular complexity index is 616. The van der Waals surface area contributed by atoms with Crippen molar-refractivity contribution >= 4 is 11.9 Å². The predicted octanol–water partition coefficient (Wildman–Crippen LogP) is -4.59. The highest BCUT2D eigenvalue weighted by Gasteiger charge is 2.58. The van der Waals surface area contributed by atoms with Crippen molar-refractivity contribution in [2.45, 2.75) is 74.1 Å². The lowest BCUT2D eigenvalue weighted by Gasteiger charge is -2.43. The van der Waals surface area contributed by atoms with Gasteiger partial charge in [-0.1, -0.05) is 0 Å². The average molecular weight is 456 g/mol. The molecule has 31 heavy (non-hydrogen) atoms. The van der Waals surface area contributed by atoms with E-state index in [0.717, 1.165) is 0 Å². The van der Waals surface area contributed by atoms with Gasteiger partial charge in [-0.25, -0.2) is 0 Å². The summed E-state index contributed by atoms with van der Waals surface area (Å²) in [5.74, 6) is -4.19. The maximum absolute atomic E-state index is 11.7. The molecule has 2 saturated heterocycles. The van der Waals surface area contributed by atoms with Crippen molar-refractivity contribution in [2.75, 3.05) is 19.8 Å². The first kappa shape index (κ1) is 25.8. The molecule has 0 aromatic rings. The van der Waals surface area contributed by atoms with Gasteiger partial charge in [-0.3, -0.25) is 9.59 Å². The Morgan fingerprint density at radius 1 is 0.903 bits per heavy atom. The van der Waals surface area contributed by atoms with Crippen LogP contribution in [-0.4, -0.2) is 127 Å². The summed E-state index contributed by atoms with van der Waals surface area (Å²) in [4.78, 5) is 22.2. The Balaban J connectivity index is 2.02. The Kier molecular flexibility index (Phi) is 9.08. The minimum atomic E-state index is -2.32. The molecule has 0 amide bonds.